The lowest BCUT2D eigenvalue weighted by molar-refractivity contribution is -0.644. The summed E-state index contributed by atoms with van der Waals surface area (Å²) in [5, 5.41) is 2.52. The molecule has 2 heteroatoms. The molecule has 2 aromatic heterocycles. The van der Waals surface area contributed by atoms with Gasteiger partial charge in [-0.1, -0.05) is 42.5 Å². The molecule has 0 radical (unpaired) electrons. The number of H-pyrrole nitrogens is 1. The standard InChI is InChI=1S/C20H16N2/c1-22-13-12-15(18-7-3-5-9-20(18)22)10-11-16-14-21-19-8-4-2-6-17(16)19/h2-14H,1H3/p+1. The summed E-state index contributed by atoms with van der Waals surface area (Å²) in [4.78, 5) is 3.32. The molecule has 0 aliphatic carbocycles. The summed E-state index contributed by atoms with van der Waals surface area (Å²) < 4.78 is 2.15. The molecule has 4 aromatic rings. The molecule has 0 aliphatic heterocycles. The zero-order valence-electron chi connectivity index (χ0n) is 12.5. The van der Waals surface area contributed by atoms with Crippen LogP contribution in [0.4, 0.5) is 0 Å². The van der Waals surface area contributed by atoms with Gasteiger partial charge in [-0.15, -0.1) is 0 Å². The van der Waals surface area contributed by atoms with Crippen LogP contribution in [0.25, 0.3) is 34.0 Å². The van der Waals surface area contributed by atoms with Crippen LogP contribution in [0.15, 0.2) is 67.0 Å². The first-order chi connectivity index (χ1) is 10.8. The van der Waals surface area contributed by atoms with E-state index in [2.05, 4.69) is 95.7 Å². The molecule has 0 bridgehead atoms. The van der Waals surface area contributed by atoms with Crippen molar-refractivity contribution in [1.29, 1.82) is 0 Å². The van der Waals surface area contributed by atoms with E-state index in [1.165, 1.54) is 32.9 Å². The fourth-order valence-electron chi connectivity index (χ4n) is 2.94. The summed E-state index contributed by atoms with van der Waals surface area (Å²) >= 11 is 0. The number of para-hydroxylation sites is 2. The Bertz CT molecular complexity index is 993. The van der Waals surface area contributed by atoms with Gasteiger partial charge in [0.05, 0.1) is 5.39 Å². The molecule has 0 amide bonds. The van der Waals surface area contributed by atoms with Gasteiger partial charge in [0.2, 0.25) is 5.52 Å². The number of fused-ring (bicyclic) bond motifs is 2. The molecule has 2 heterocycles. The molecule has 106 valence electrons. The van der Waals surface area contributed by atoms with E-state index in [0.717, 1.165) is 0 Å². The second kappa shape index (κ2) is 5.15. The van der Waals surface area contributed by atoms with Gasteiger partial charge in [0.25, 0.3) is 0 Å². The first-order valence-electron chi connectivity index (χ1n) is 7.44. The van der Waals surface area contributed by atoms with Crippen molar-refractivity contribution in [3.05, 3.63) is 78.1 Å². The van der Waals surface area contributed by atoms with Crippen LogP contribution in [0.3, 0.4) is 0 Å². The maximum Gasteiger partial charge on any atom is 0.212 e. The Morgan fingerprint density at radius 1 is 0.818 bits per heavy atom. The molecule has 2 nitrogen and oxygen atoms in total. The minimum Gasteiger partial charge on any atom is -0.361 e. The topological polar surface area (TPSA) is 19.7 Å². The molecule has 0 saturated heterocycles. The molecule has 1 N–H and O–H groups in total. The summed E-state index contributed by atoms with van der Waals surface area (Å²) in [6, 6.07) is 19.0. The van der Waals surface area contributed by atoms with Crippen molar-refractivity contribution in [3.63, 3.8) is 0 Å². The maximum absolute atomic E-state index is 3.32. The molecular weight excluding hydrogens is 268 g/mol. The molecule has 2 aromatic carbocycles. The number of aromatic nitrogens is 2. The minimum atomic E-state index is 1.17. The van der Waals surface area contributed by atoms with Gasteiger partial charge in [0, 0.05) is 29.2 Å². The van der Waals surface area contributed by atoms with Crippen molar-refractivity contribution >= 4 is 34.0 Å². The van der Waals surface area contributed by atoms with Crippen molar-refractivity contribution in [2.24, 2.45) is 7.05 Å². The van der Waals surface area contributed by atoms with E-state index in [-0.39, 0.29) is 0 Å². The van der Waals surface area contributed by atoms with Gasteiger partial charge < -0.3 is 4.98 Å². The first kappa shape index (κ1) is 12.8. The van der Waals surface area contributed by atoms with Gasteiger partial charge >= 0.3 is 0 Å². The van der Waals surface area contributed by atoms with Gasteiger partial charge in [0.15, 0.2) is 6.20 Å². The van der Waals surface area contributed by atoms with Gasteiger partial charge in [-0.3, -0.25) is 0 Å². The summed E-state index contributed by atoms with van der Waals surface area (Å²) in [5.74, 6) is 0. The maximum atomic E-state index is 3.32. The number of hydrogen-bond acceptors (Lipinski definition) is 0. The Kier molecular flexibility index (Phi) is 3.01. The number of aromatic amines is 1. The Hall–Kier alpha value is -2.87. The minimum absolute atomic E-state index is 1.17. The van der Waals surface area contributed by atoms with Crippen molar-refractivity contribution in [2.45, 2.75) is 0 Å². The van der Waals surface area contributed by atoms with Crippen LogP contribution in [0.5, 0.6) is 0 Å². The monoisotopic (exact) mass is 285 g/mol. The average molecular weight is 285 g/mol. The number of nitrogens with zero attached hydrogens (tertiary/aromatic N) is 1. The zero-order chi connectivity index (χ0) is 14.9. The van der Waals surface area contributed by atoms with E-state index in [9.17, 15) is 0 Å². The molecule has 0 spiro atoms. The quantitative estimate of drug-likeness (QED) is 0.529. The Labute approximate surface area is 129 Å². The molecule has 22 heavy (non-hydrogen) atoms. The molecule has 0 atom stereocenters. The number of aryl methyl sites for hydroxylation is 1. The van der Waals surface area contributed by atoms with Crippen LogP contribution < -0.4 is 4.57 Å². The van der Waals surface area contributed by atoms with E-state index in [0.29, 0.717) is 0 Å². The van der Waals surface area contributed by atoms with Gasteiger partial charge in [-0.25, -0.2) is 4.57 Å². The molecule has 0 fully saturated rings. The highest BCUT2D eigenvalue weighted by Crippen LogP contribution is 2.22. The summed E-state index contributed by atoms with van der Waals surface area (Å²) in [5.41, 5.74) is 4.86. The Balaban J connectivity index is 1.82. The highest BCUT2D eigenvalue weighted by molar-refractivity contribution is 5.94. The van der Waals surface area contributed by atoms with Crippen LogP contribution in [0.2, 0.25) is 0 Å². The van der Waals surface area contributed by atoms with Gasteiger partial charge in [0.1, 0.15) is 7.05 Å². The average Bonchev–Trinajstić information content (AvgIpc) is 2.98. The largest absolute Gasteiger partial charge is 0.361 e. The number of rotatable bonds is 2. The molecule has 0 aliphatic rings. The normalized spacial score (nSPS) is 11.7. The Morgan fingerprint density at radius 2 is 1.55 bits per heavy atom. The van der Waals surface area contributed by atoms with Gasteiger partial charge in [-0.05, 0) is 23.3 Å². The van der Waals surface area contributed by atoms with Gasteiger partial charge in [-0.2, -0.15) is 0 Å². The predicted molar refractivity (Wildman–Crippen MR) is 92.4 cm³/mol. The van der Waals surface area contributed by atoms with Crippen LogP contribution in [0.1, 0.15) is 11.1 Å². The fraction of sp³-hybridized carbons (Fsp3) is 0.0500. The summed E-state index contributed by atoms with van der Waals surface area (Å²) in [6.45, 7) is 0. The highest BCUT2D eigenvalue weighted by atomic mass is 14.9. The lowest BCUT2D eigenvalue weighted by atomic mass is 10.1. The van der Waals surface area contributed by atoms with E-state index >= 15 is 0 Å². The number of benzene rings is 2. The van der Waals surface area contributed by atoms with Crippen LogP contribution >= 0.6 is 0 Å². The summed E-state index contributed by atoms with van der Waals surface area (Å²) in [7, 11) is 2.08. The number of nitrogens with one attached hydrogen (secondary N) is 1. The second-order valence-electron chi connectivity index (χ2n) is 5.52. The molecule has 0 saturated carbocycles. The third kappa shape index (κ3) is 2.09. The number of hydrogen-bond donors (Lipinski definition) is 1. The van der Waals surface area contributed by atoms with Crippen LogP contribution in [-0.4, -0.2) is 4.98 Å². The zero-order valence-corrected chi connectivity index (χ0v) is 12.5. The highest BCUT2D eigenvalue weighted by Gasteiger charge is 2.07. The molecule has 0 unspecified atom stereocenters. The van der Waals surface area contributed by atoms with Crippen molar-refractivity contribution in [3.8, 4) is 0 Å². The molecular formula is C20H17N2+. The smallest absolute Gasteiger partial charge is 0.212 e. The SMILES string of the molecule is C[n+]1ccc(/C=C/c2c[nH]c3ccccc23)c2ccccc21. The second-order valence-corrected chi connectivity index (χ2v) is 5.52. The Morgan fingerprint density at radius 3 is 2.45 bits per heavy atom. The van der Waals surface area contributed by atoms with Crippen molar-refractivity contribution in [1.82, 2.24) is 4.98 Å². The predicted octanol–water partition coefficient (Wildman–Crippen LogP) is 4.32. The molecule has 4 rings (SSSR count). The lowest BCUT2D eigenvalue weighted by Crippen LogP contribution is -2.28. The summed E-state index contributed by atoms with van der Waals surface area (Å²) in [6.07, 6.45) is 8.54. The van der Waals surface area contributed by atoms with E-state index in [4.69, 9.17) is 0 Å². The van der Waals surface area contributed by atoms with Crippen LogP contribution in [0, 0.1) is 0 Å². The lowest BCUT2D eigenvalue weighted by Gasteiger charge is -2.00. The fourth-order valence-corrected chi connectivity index (χ4v) is 2.94. The first-order valence-corrected chi connectivity index (χ1v) is 7.44. The van der Waals surface area contributed by atoms with E-state index < -0.39 is 0 Å². The van der Waals surface area contributed by atoms with Crippen molar-refractivity contribution in [2.75, 3.05) is 0 Å². The third-order valence-electron chi connectivity index (χ3n) is 4.14. The third-order valence-corrected chi connectivity index (χ3v) is 4.14. The van der Waals surface area contributed by atoms with Crippen molar-refractivity contribution < 1.29 is 4.57 Å². The number of pyridine rings is 1. The van der Waals surface area contributed by atoms with E-state index in [1.807, 2.05) is 0 Å². The van der Waals surface area contributed by atoms with E-state index in [1.54, 1.807) is 0 Å². The van der Waals surface area contributed by atoms with Crippen LogP contribution in [-0.2, 0) is 7.05 Å².